The minimum absolute atomic E-state index is 0. The average Bonchev–Trinajstić information content (AvgIpc) is 2.80. The molecule has 2 heterocycles. The van der Waals surface area contributed by atoms with Crippen molar-refractivity contribution in [2.24, 2.45) is 11.8 Å². The van der Waals surface area contributed by atoms with E-state index in [2.05, 4.69) is 21.2 Å². The van der Waals surface area contributed by atoms with Gasteiger partial charge in [0.1, 0.15) is 5.82 Å². The maximum Gasteiger partial charge on any atom is 0.253 e. The molecule has 116 valence electrons. The van der Waals surface area contributed by atoms with E-state index in [-0.39, 0.29) is 24.1 Å². The first-order chi connectivity index (χ1) is 9.65. The van der Waals surface area contributed by atoms with Gasteiger partial charge in [-0.3, -0.25) is 4.79 Å². The molecule has 2 fully saturated rings. The van der Waals surface area contributed by atoms with E-state index in [1.54, 1.807) is 12.1 Å². The highest BCUT2D eigenvalue weighted by atomic mass is 79.9. The fourth-order valence-corrected chi connectivity index (χ4v) is 3.61. The van der Waals surface area contributed by atoms with E-state index < -0.39 is 0 Å². The summed E-state index contributed by atoms with van der Waals surface area (Å²) in [6.45, 7) is 3.76. The predicted molar refractivity (Wildman–Crippen MR) is 86.3 cm³/mol. The SMILES string of the molecule is Cl.O=C(c1ccc(F)c(Br)c1)N1CC[C@@H]2CNC[C@@H]2CC1. The minimum Gasteiger partial charge on any atom is -0.339 e. The Morgan fingerprint density at radius 2 is 1.86 bits per heavy atom. The Bertz CT molecular complexity index is 514. The molecule has 6 heteroatoms. The number of nitrogens with one attached hydrogen (secondary N) is 1. The van der Waals surface area contributed by atoms with Gasteiger partial charge in [-0.05, 0) is 71.9 Å². The van der Waals surface area contributed by atoms with Gasteiger partial charge in [0.2, 0.25) is 0 Å². The van der Waals surface area contributed by atoms with Crippen LogP contribution in [0.15, 0.2) is 22.7 Å². The molecule has 21 heavy (non-hydrogen) atoms. The average molecular weight is 378 g/mol. The molecule has 0 aliphatic carbocycles. The maximum absolute atomic E-state index is 13.2. The van der Waals surface area contributed by atoms with E-state index in [1.165, 1.54) is 6.07 Å². The Morgan fingerprint density at radius 3 is 2.43 bits per heavy atom. The molecule has 2 aliphatic heterocycles. The summed E-state index contributed by atoms with van der Waals surface area (Å²) in [6.07, 6.45) is 2.12. The van der Waals surface area contributed by atoms with Crippen LogP contribution in [0.2, 0.25) is 0 Å². The number of carbonyl (C=O) groups is 1. The molecule has 0 aromatic heterocycles. The van der Waals surface area contributed by atoms with Crippen molar-refractivity contribution in [2.75, 3.05) is 26.2 Å². The van der Waals surface area contributed by atoms with Crippen molar-refractivity contribution >= 4 is 34.2 Å². The zero-order valence-corrected chi connectivity index (χ0v) is 14.1. The molecule has 1 aromatic carbocycles. The number of carbonyl (C=O) groups excluding carboxylic acids is 1. The summed E-state index contributed by atoms with van der Waals surface area (Å²) in [5.41, 5.74) is 0.559. The number of rotatable bonds is 1. The smallest absolute Gasteiger partial charge is 0.253 e. The number of halogens is 3. The third-order valence-corrected chi connectivity index (χ3v) is 5.08. The number of nitrogens with zero attached hydrogens (tertiary/aromatic N) is 1. The van der Waals surface area contributed by atoms with Crippen LogP contribution in [0, 0.1) is 17.7 Å². The Balaban J connectivity index is 0.00000161. The molecule has 0 saturated carbocycles. The number of hydrogen-bond acceptors (Lipinski definition) is 2. The van der Waals surface area contributed by atoms with E-state index in [0.29, 0.717) is 21.9 Å². The second kappa shape index (κ2) is 7.07. The van der Waals surface area contributed by atoms with Crippen LogP contribution in [0.25, 0.3) is 0 Å². The fourth-order valence-electron chi connectivity index (χ4n) is 3.23. The van der Waals surface area contributed by atoms with Gasteiger partial charge in [-0.25, -0.2) is 4.39 Å². The normalized spacial score (nSPS) is 25.0. The van der Waals surface area contributed by atoms with E-state index in [1.807, 2.05) is 4.90 Å². The van der Waals surface area contributed by atoms with Crippen LogP contribution in [0.1, 0.15) is 23.2 Å². The highest BCUT2D eigenvalue weighted by molar-refractivity contribution is 9.10. The number of benzene rings is 1. The van der Waals surface area contributed by atoms with Gasteiger partial charge in [0, 0.05) is 18.7 Å². The number of hydrogen-bond donors (Lipinski definition) is 1. The van der Waals surface area contributed by atoms with Gasteiger partial charge in [0.25, 0.3) is 5.91 Å². The predicted octanol–water partition coefficient (Wildman–Crippen LogP) is 3.08. The van der Waals surface area contributed by atoms with Crippen LogP contribution >= 0.6 is 28.3 Å². The first kappa shape index (κ1) is 16.7. The van der Waals surface area contributed by atoms with E-state index in [9.17, 15) is 9.18 Å². The summed E-state index contributed by atoms with van der Waals surface area (Å²) in [4.78, 5) is 14.4. The third kappa shape index (κ3) is 3.58. The Labute approximate surface area is 138 Å². The Kier molecular flexibility index (Phi) is 5.63. The lowest BCUT2D eigenvalue weighted by Gasteiger charge is -2.21. The molecule has 0 spiro atoms. The zero-order valence-electron chi connectivity index (χ0n) is 11.6. The lowest BCUT2D eigenvalue weighted by molar-refractivity contribution is 0.0758. The molecular formula is C15H19BrClFN2O. The monoisotopic (exact) mass is 376 g/mol. The van der Waals surface area contributed by atoms with Crippen LogP contribution in [0.4, 0.5) is 4.39 Å². The molecule has 2 aliphatic rings. The summed E-state index contributed by atoms with van der Waals surface area (Å²) >= 11 is 3.14. The van der Waals surface area contributed by atoms with E-state index in [0.717, 1.165) is 39.0 Å². The Hall–Kier alpha value is -0.650. The molecule has 2 atom stereocenters. The summed E-state index contributed by atoms with van der Waals surface area (Å²) in [5, 5.41) is 3.43. The zero-order chi connectivity index (χ0) is 14.1. The molecule has 3 rings (SSSR count). The van der Waals surface area contributed by atoms with E-state index >= 15 is 0 Å². The minimum atomic E-state index is -0.335. The molecule has 0 unspecified atom stereocenters. The highest BCUT2D eigenvalue weighted by Crippen LogP contribution is 2.28. The van der Waals surface area contributed by atoms with Crippen molar-refractivity contribution < 1.29 is 9.18 Å². The van der Waals surface area contributed by atoms with Gasteiger partial charge >= 0.3 is 0 Å². The van der Waals surface area contributed by atoms with Crippen molar-refractivity contribution in [3.63, 3.8) is 0 Å². The van der Waals surface area contributed by atoms with Gasteiger partial charge in [-0.1, -0.05) is 0 Å². The van der Waals surface area contributed by atoms with Gasteiger partial charge < -0.3 is 10.2 Å². The van der Waals surface area contributed by atoms with Crippen molar-refractivity contribution in [3.8, 4) is 0 Å². The van der Waals surface area contributed by atoms with Crippen LogP contribution in [0.3, 0.4) is 0 Å². The standard InChI is InChI=1S/C15H18BrFN2O.ClH/c16-13-7-10(1-2-14(13)17)15(20)19-5-3-11-8-18-9-12(11)4-6-19;/h1-2,7,11-12,18H,3-6,8-9H2;1H/t11-,12+;. The van der Waals surface area contributed by atoms with Gasteiger partial charge in [0.15, 0.2) is 0 Å². The summed E-state index contributed by atoms with van der Waals surface area (Å²) < 4.78 is 13.6. The molecule has 2 saturated heterocycles. The first-order valence-electron chi connectivity index (χ1n) is 7.10. The second-order valence-electron chi connectivity index (χ2n) is 5.68. The van der Waals surface area contributed by atoms with Crippen LogP contribution < -0.4 is 5.32 Å². The Morgan fingerprint density at radius 1 is 1.24 bits per heavy atom. The molecule has 0 radical (unpaired) electrons. The van der Waals surface area contributed by atoms with Gasteiger partial charge in [-0.2, -0.15) is 0 Å². The van der Waals surface area contributed by atoms with Crippen molar-refractivity contribution in [1.82, 2.24) is 10.2 Å². The second-order valence-corrected chi connectivity index (χ2v) is 6.53. The lowest BCUT2D eigenvalue weighted by atomic mass is 9.92. The fraction of sp³-hybridized carbons (Fsp3) is 0.533. The molecular weight excluding hydrogens is 359 g/mol. The molecule has 1 N–H and O–H groups in total. The topological polar surface area (TPSA) is 32.3 Å². The van der Waals surface area contributed by atoms with Crippen LogP contribution in [-0.2, 0) is 0 Å². The third-order valence-electron chi connectivity index (χ3n) is 4.47. The first-order valence-corrected chi connectivity index (χ1v) is 7.89. The summed E-state index contributed by atoms with van der Waals surface area (Å²) in [7, 11) is 0. The van der Waals surface area contributed by atoms with Crippen LogP contribution in [-0.4, -0.2) is 37.0 Å². The van der Waals surface area contributed by atoms with Crippen LogP contribution in [0.5, 0.6) is 0 Å². The highest BCUT2D eigenvalue weighted by Gasteiger charge is 2.31. The summed E-state index contributed by atoms with van der Waals surface area (Å²) in [5.74, 6) is 1.08. The van der Waals surface area contributed by atoms with Crippen molar-refractivity contribution in [2.45, 2.75) is 12.8 Å². The number of likely N-dealkylation sites (tertiary alicyclic amines) is 1. The molecule has 0 bridgehead atoms. The van der Waals surface area contributed by atoms with Gasteiger partial charge in [0.05, 0.1) is 4.47 Å². The summed E-state index contributed by atoms with van der Waals surface area (Å²) in [6, 6.07) is 4.48. The quantitative estimate of drug-likeness (QED) is 0.816. The van der Waals surface area contributed by atoms with Gasteiger partial charge in [-0.15, -0.1) is 12.4 Å². The largest absolute Gasteiger partial charge is 0.339 e. The van der Waals surface area contributed by atoms with Crippen molar-refractivity contribution in [3.05, 3.63) is 34.1 Å². The van der Waals surface area contributed by atoms with E-state index in [4.69, 9.17) is 0 Å². The molecule has 1 amide bonds. The maximum atomic E-state index is 13.2. The molecule has 1 aromatic rings. The lowest BCUT2D eigenvalue weighted by Crippen LogP contribution is -2.32. The molecule has 3 nitrogen and oxygen atoms in total. The number of amides is 1. The van der Waals surface area contributed by atoms with Crippen molar-refractivity contribution in [1.29, 1.82) is 0 Å². The number of fused-ring (bicyclic) bond motifs is 1.